The van der Waals surface area contributed by atoms with Crippen molar-refractivity contribution in [2.75, 3.05) is 31.6 Å². The molecule has 3 aliphatic heterocycles. The Hall–Kier alpha value is -2.97. The molecule has 6 atom stereocenters. The SMILES string of the molecule is C=CCN(C)C(=O)[C@H]1[C@H]2C(=O)N([C@@H](CO)CC(C)C)C(C(=O)N(CC=C)c3cc(C)ccc3C)C23CC[C@]1(C)O3. The summed E-state index contributed by atoms with van der Waals surface area (Å²) in [6.07, 6.45) is 4.90. The van der Waals surface area contributed by atoms with Gasteiger partial charge in [0.2, 0.25) is 11.8 Å². The summed E-state index contributed by atoms with van der Waals surface area (Å²) in [6.45, 7) is 17.8. The summed E-state index contributed by atoms with van der Waals surface area (Å²) < 4.78 is 6.79. The quantitative estimate of drug-likeness (QED) is 0.424. The Balaban J connectivity index is 1.88. The Morgan fingerprint density at radius 2 is 1.85 bits per heavy atom. The van der Waals surface area contributed by atoms with Crippen molar-refractivity contribution >= 4 is 23.4 Å². The minimum absolute atomic E-state index is 0.174. The van der Waals surface area contributed by atoms with Gasteiger partial charge in [-0.25, -0.2) is 0 Å². The summed E-state index contributed by atoms with van der Waals surface area (Å²) in [5.41, 5.74) is 0.646. The highest BCUT2D eigenvalue weighted by molar-refractivity contribution is 6.05. The number of hydrogen-bond donors (Lipinski definition) is 1. The number of nitrogens with zero attached hydrogens (tertiary/aromatic N) is 3. The van der Waals surface area contributed by atoms with Crippen LogP contribution < -0.4 is 4.90 Å². The van der Waals surface area contributed by atoms with Crippen molar-refractivity contribution < 1.29 is 24.2 Å². The number of likely N-dealkylation sites (N-methyl/N-ethyl adjacent to an activating group) is 1. The molecule has 0 radical (unpaired) electrons. The van der Waals surface area contributed by atoms with E-state index >= 15 is 0 Å². The van der Waals surface area contributed by atoms with Crippen LogP contribution in [0.4, 0.5) is 5.69 Å². The number of anilines is 1. The van der Waals surface area contributed by atoms with Gasteiger partial charge in [0.15, 0.2) is 0 Å². The second-order valence-corrected chi connectivity index (χ2v) is 12.5. The lowest BCUT2D eigenvalue weighted by molar-refractivity contribution is -0.151. The van der Waals surface area contributed by atoms with Gasteiger partial charge >= 0.3 is 0 Å². The summed E-state index contributed by atoms with van der Waals surface area (Å²) in [6, 6.07) is 4.38. The number of ether oxygens (including phenoxy) is 1. The van der Waals surface area contributed by atoms with Crippen LogP contribution in [0.15, 0.2) is 43.5 Å². The Morgan fingerprint density at radius 3 is 2.45 bits per heavy atom. The number of hydrogen-bond acceptors (Lipinski definition) is 5. The van der Waals surface area contributed by atoms with Gasteiger partial charge < -0.3 is 24.5 Å². The Bertz CT molecular complexity index is 1200. The fourth-order valence-corrected chi connectivity index (χ4v) is 7.35. The van der Waals surface area contributed by atoms with E-state index in [-0.39, 0.29) is 36.8 Å². The molecule has 2 bridgehead atoms. The minimum atomic E-state index is -1.17. The van der Waals surface area contributed by atoms with E-state index in [0.717, 1.165) is 16.8 Å². The molecule has 2 unspecified atom stereocenters. The number of aliphatic hydroxyl groups excluding tert-OH is 1. The third kappa shape index (κ3) is 4.69. The van der Waals surface area contributed by atoms with Crippen LogP contribution in [0, 0.1) is 31.6 Å². The topological polar surface area (TPSA) is 90.4 Å². The van der Waals surface area contributed by atoms with Gasteiger partial charge in [-0.2, -0.15) is 0 Å². The van der Waals surface area contributed by atoms with Gasteiger partial charge in [0.25, 0.3) is 5.91 Å². The van der Waals surface area contributed by atoms with E-state index in [1.165, 1.54) is 0 Å². The Kier molecular flexibility index (Phi) is 8.35. The van der Waals surface area contributed by atoms with Gasteiger partial charge in [-0.1, -0.05) is 38.1 Å². The maximum Gasteiger partial charge on any atom is 0.253 e. The van der Waals surface area contributed by atoms with Crippen molar-refractivity contribution in [2.24, 2.45) is 17.8 Å². The average molecular weight is 552 g/mol. The number of aliphatic hydroxyl groups is 1. The van der Waals surface area contributed by atoms with E-state index in [1.54, 1.807) is 33.9 Å². The molecule has 1 spiro atoms. The van der Waals surface area contributed by atoms with Gasteiger partial charge in [-0.3, -0.25) is 14.4 Å². The summed E-state index contributed by atoms with van der Waals surface area (Å²) >= 11 is 0. The lowest BCUT2D eigenvalue weighted by Crippen LogP contribution is -2.59. The number of carbonyl (C=O) groups is 3. The Labute approximate surface area is 238 Å². The predicted octanol–water partition coefficient (Wildman–Crippen LogP) is 3.64. The molecule has 8 nitrogen and oxygen atoms in total. The molecule has 0 aromatic heterocycles. The zero-order valence-corrected chi connectivity index (χ0v) is 24.9. The fourth-order valence-electron chi connectivity index (χ4n) is 7.35. The first-order valence-corrected chi connectivity index (χ1v) is 14.4. The van der Waals surface area contributed by atoms with Crippen molar-refractivity contribution in [1.29, 1.82) is 0 Å². The van der Waals surface area contributed by atoms with Crippen LogP contribution in [0.1, 0.15) is 51.2 Å². The van der Waals surface area contributed by atoms with E-state index < -0.39 is 35.1 Å². The summed E-state index contributed by atoms with van der Waals surface area (Å²) in [7, 11) is 1.70. The van der Waals surface area contributed by atoms with E-state index in [2.05, 4.69) is 13.2 Å². The van der Waals surface area contributed by atoms with Crippen LogP contribution >= 0.6 is 0 Å². The third-order valence-electron chi connectivity index (χ3n) is 9.07. The molecule has 1 aromatic carbocycles. The molecule has 0 aliphatic carbocycles. The van der Waals surface area contributed by atoms with Crippen molar-refractivity contribution in [1.82, 2.24) is 9.80 Å². The molecular formula is C32H45N3O5. The molecule has 0 saturated carbocycles. The summed E-state index contributed by atoms with van der Waals surface area (Å²) in [5.74, 6) is -2.11. The molecule has 3 aliphatic rings. The third-order valence-corrected chi connectivity index (χ3v) is 9.07. The molecular weight excluding hydrogens is 506 g/mol. The van der Waals surface area contributed by atoms with E-state index in [9.17, 15) is 19.5 Å². The number of carbonyl (C=O) groups excluding carboxylic acids is 3. The van der Waals surface area contributed by atoms with Crippen LogP contribution in [0.2, 0.25) is 0 Å². The van der Waals surface area contributed by atoms with E-state index in [4.69, 9.17) is 4.74 Å². The number of amides is 3. The Morgan fingerprint density at radius 1 is 1.18 bits per heavy atom. The van der Waals surface area contributed by atoms with Crippen LogP contribution in [-0.4, -0.2) is 82.7 Å². The maximum absolute atomic E-state index is 14.8. The van der Waals surface area contributed by atoms with Crippen molar-refractivity contribution in [3.8, 4) is 0 Å². The monoisotopic (exact) mass is 551 g/mol. The number of likely N-dealkylation sites (tertiary alicyclic amines) is 1. The molecule has 8 heteroatoms. The molecule has 3 saturated heterocycles. The number of benzene rings is 1. The van der Waals surface area contributed by atoms with Crippen LogP contribution in [0.3, 0.4) is 0 Å². The smallest absolute Gasteiger partial charge is 0.253 e. The number of rotatable bonds is 11. The van der Waals surface area contributed by atoms with Gasteiger partial charge in [0.05, 0.1) is 30.1 Å². The molecule has 1 N–H and O–H groups in total. The zero-order valence-electron chi connectivity index (χ0n) is 24.9. The second kappa shape index (κ2) is 11.1. The molecule has 218 valence electrons. The predicted molar refractivity (Wildman–Crippen MR) is 156 cm³/mol. The normalized spacial score (nSPS) is 29.4. The van der Waals surface area contributed by atoms with Crippen molar-refractivity contribution in [3.05, 3.63) is 54.6 Å². The van der Waals surface area contributed by atoms with Crippen LogP contribution in [0.5, 0.6) is 0 Å². The van der Waals surface area contributed by atoms with Gasteiger partial charge in [0.1, 0.15) is 11.6 Å². The summed E-state index contributed by atoms with van der Waals surface area (Å²) in [5, 5.41) is 10.5. The molecule has 40 heavy (non-hydrogen) atoms. The average Bonchev–Trinajstić information content (AvgIpc) is 3.47. The molecule has 3 heterocycles. The van der Waals surface area contributed by atoms with Crippen molar-refractivity contribution in [2.45, 2.75) is 77.2 Å². The highest BCUT2D eigenvalue weighted by atomic mass is 16.5. The second-order valence-electron chi connectivity index (χ2n) is 12.5. The summed E-state index contributed by atoms with van der Waals surface area (Å²) in [4.78, 5) is 48.0. The number of fused-ring (bicyclic) bond motifs is 1. The van der Waals surface area contributed by atoms with Crippen LogP contribution in [0.25, 0.3) is 0 Å². The highest BCUT2D eigenvalue weighted by Crippen LogP contribution is 2.64. The standard InChI is InChI=1S/C32H45N3O5/c1-9-15-33(8)28(37)25-26-29(38)35(23(19-36)17-20(3)4)27(32(26)14-13-31(25,7)40-32)30(39)34(16-10-2)24-18-21(5)11-12-22(24)6/h9-12,18,20,23,25-27,36H,1-2,13-17,19H2,3-8H3/t23-,25-,26+,27?,31+,32?/m1/s1. The van der Waals surface area contributed by atoms with Crippen molar-refractivity contribution in [3.63, 3.8) is 0 Å². The highest BCUT2D eigenvalue weighted by Gasteiger charge is 2.78. The first kappa shape index (κ1) is 30.0. The number of aryl methyl sites for hydroxylation is 2. The van der Waals surface area contributed by atoms with Gasteiger partial charge in [-0.15, -0.1) is 13.2 Å². The fraction of sp³-hybridized carbons (Fsp3) is 0.594. The molecule has 4 rings (SSSR count). The largest absolute Gasteiger partial charge is 0.394 e. The molecule has 3 amide bonds. The first-order valence-electron chi connectivity index (χ1n) is 14.4. The zero-order chi connectivity index (χ0) is 29.6. The lowest BCUT2D eigenvalue weighted by Gasteiger charge is -2.40. The van der Waals surface area contributed by atoms with E-state index in [0.29, 0.717) is 25.8 Å². The first-order chi connectivity index (χ1) is 18.9. The van der Waals surface area contributed by atoms with Crippen LogP contribution in [-0.2, 0) is 19.1 Å². The minimum Gasteiger partial charge on any atom is -0.394 e. The molecule has 3 fully saturated rings. The molecule has 1 aromatic rings. The van der Waals surface area contributed by atoms with Gasteiger partial charge in [0, 0.05) is 25.8 Å². The van der Waals surface area contributed by atoms with E-state index in [1.807, 2.05) is 52.8 Å². The lowest BCUT2D eigenvalue weighted by atomic mass is 9.66. The van der Waals surface area contributed by atoms with Gasteiger partial charge in [-0.05, 0) is 63.1 Å². The maximum atomic E-state index is 14.8.